The summed E-state index contributed by atoms with van der Waals surface area (Å²) in [6, 6.07) is 13.6. The van der Waals surface area contributed by atoms with Gasteiger partial charge in [-0.05, 0) is 36.8 Å². The summed E-state index contributed by atoms with van der Waals surface area (Å²) in [5.74, 6) is 0.611. The highest BCUT2D eigenvalue weighted by Crippen LogP contribution is 2.25. The third kappa shape index (κ3) is 1.89. The van der Waals surface area contributed by atoms with E-state index in [2.05, 4.69) is 4.98 Å². The van der Waals surface area contributed by atoms with Crippen LogP contribution in [0.1, 0.15) is 11.1 Å². The molecule has 0 atom stereocenters. The molecule has 0 aliphatic carbocycles. The molecule has 0 saturated carbocycles. The number of rotatable bonds is 2. The fourth-order valence-electron chi connectivity index (χ4n) is 1.89. The van der Waals surface area contributed by atoms with Crippen molar-refractivity contribution >= 4 is 11.1 Å². The molecule has 0 amide bonds. The lowest BCUT2D eigenvalue weighted by molar-refractivity contribution is 0.282. The van der Waals surface area contributed by atoms with E-state index in [4.69, 9.17) is 9.52 Å². The number of aliphatic hydroxyl groups excluding tert-OH is 1. The van der Waals surface area contributed by atoms with Gasteiger partial charge >= 0.3 is 0 Å². The molecule has 0 unspecified atom stereocenters. The number of aliphatic hydroxyl groups is 1. The lowest BCUT2D eigenvalue weighted by atomic mass is 10.1. The Bertz CT molecular complexity index is 683. The van der Waals surface area contributed by atoms with Crippen molar-refractivity contribution in [1.82, 2.24) is 4.98 Å². The first-order valence-corrected chi connectivity index (χ1v) is 5.83. The fraction of sp³-hybridized carbons (Fsp3) is 0.133. The number of nitrogens with zero attached hydrogens (tertiary/aromatic N) is 1. The van der Waals surface area contributed by atoms with Crippen molar-refractivity contribution in [2.45, 2.75) is 13.5 Å². The van der Waals surface area contributed by atoms with Gasteiger partial charge in [0.05, 0.1) is 6.61 Å². The Labute approximate surface area is 105 Å². The van der Waals surface area contributed by atoms with Crippen LogP contribution in [0.15, 0.2) is 46.9 Å². The quantitative estimate of drug-likeness (QED) is 0.746. The van der Waals surface area contributed by atoms with Gasteiger partial charge in [0.25, 0.3) is 0 Å². The van der Waals surface area contributed by atoms with Crippen molar-refractivity contribution in [2.75, 3.05) is 0 Å². The fourth-order valence-corrected chi connectivity index (χ4v) is 1.89. The summed E-state index contributed by atoms with van der Waals surface area (Å²) in [5.41, 5.74) is 4.52. The lowest BCUT2D eigenvalue weighted by Crippen LogP contribution is -1.81. The molecule has 0 spiro atoms. The molecule has 0 fully saturated rings. The van der Waals surface area contributed by atoms with Crippen LogP contribution in [-0.4, -0.2) is 10.1 Å². The smallest absolute Gasteiger partial charge is 0.227 e. The molecule has 1 heterocycles. The van der Waals surface area contributed by atoms with Crippen LogP contribution in [0.5, 0.6) is 0 Å². The molecule has 2 aromatic carbocycles. The minimum atomic E-state index is 0.0165. The predicted molar refractivity (Wildman–Crippen MR) is 70.1 cm³/mol. The van der Waals surface area contributed by atoms with Gasteiger partial charge in [-0.25, -0.2) is 4.98 Å². The van der Waals surface area contributed by atoms with Crippen molar-refractivity contribution in [3.8, 4) is 11.5 Å². The molecule has 0 aliphatic heterocycles. The summed E-state index contributed by atoms with van der Waals surface area (Å²) < 4.78 is 5.70. The van der Waals surface area contributed by atoms with Crippen LogP contribution in [0.4, 0.5) is 0 Å². The summed E-state index contributed by atoms with van der Waals surface area (Å²) in [6.45, 7) is 2.06. The molecule has 3 nitrogen and oxygen atoms in total. The van der Waals surface area contributed by atoms with E-state index in [9.17, 15) is 0 Å². The van der Waals surface area contributed by atoms with Crippen LogP contribution in [0, 0.1) is 6.92 Å². The normalized spacial score (nSPS) is 11.0. The Balaban J connectivity index is 2.10. The standard InChI is InChI=1S/C15H13NO2/c1-10-2-5-12(6-3-10)15-16-13-8-11(9-17)4-7-14(13)18-15/h2-8,17H,9H2,1H3. The molecule has 1 aromatic heterocycles. The van der Waals surface area contributed by atoms with Crippen LogP contribution in [0.2, 0.25) is 0 Å². The topological polar surface area (TPSA) is 46.3 Å². The zero-order valence-corrected chi connectivity index (χ0v) is 10.1. The van der Waals surface area contributed by atoms with E-state index in [1.54, 1.807) is 0 Å². The Morgan fingerprint density at radius 2 is 1.89 bits per heavy atom. The van der Waals surface area contributed by atoms with E-state index in [1.807, 2.05) is 49.4 Å². The van der Waals surface area contributed by atoms with Gasteiger partial charge in [0.15, 0.2) is 5.58 Å². The van der Waals surface area contributed by atoms with Crippen LogP contribution in [-0.2, 0) is 6.61 Å². The number of benzene rings is 2. The Hall–Kier alpha value is -2.13. The second-order valence-electron chi connectivity index (χ2n) is 4.35. The first-order valence-electron chi connectivity index (χ1n) is 5.83. The maximum absolute atomic E-state index is 9.09. The number of hydrogen-bond donors (Lipinski definition) is 1. The van der Waals surface area contributed by atoms with Gasteiger partial charge in [0.2, 0.25) is 5.89 Å². The van der Waals surface area contributed by atoms with Crippen molar-refractivity contribution in [1.29, 1.82) is 0 Å². The number of aromatic nitrogens is 1. The molecule has 90 valence electrons. The summed E-state index contributed by atoms with van der Waals surface area (Å²) in [5, 5.41) is 9.09. The highest BCUT2D eigenvalue weighted by atomic mass is 16.3. The SMILES string of the molecule is Cc1ccc(-c2nc3cc(CO)ccc3o2)cc1. The van der Waals surface area contributed by atoms with Crippen LogP contribution < -0.4 is 0 Å². The average molecular weight is 239 g/mol. The maximum Gasteiger partial charge on any atom is 0.227 e. The largest absolute Gasteiger partial charge is 0.436 e. The number of aryl methyl sites for hydroxylation is 1. The molecular weight excluding hydrogens is 226 g/mol. The molecule has 0 bridgehead atoms. The molecule has 0 saturated heterocycles. The van der Waals surface area contributed by atoms with Crippen LogP contribution in [0.3, 0.4) is 0 Å². The summed E-state index contributed by atoms with van der Waals surface area (Å²) in [6.07, 6.45) is 0. The average Bonchev–Trinajstić information content (AvgIpc) is 2.82. The van der Waals surface area contributed by atoms with Crippen molar-refractivity contribution in [3.63, 3.8) is 0 Å². The molecular formula is C15H13NO2. The van der Waals surface area contributed by atoms with Crippen molar-refractivity contribution in [3.05, 3.63) is 53.6 Å². The van der Waals surface area contributed by atoms with Gasteiger partial charge in [-0.3, -0.25) is 0 Å². The second kappa shape index (κ2) is 4.27. The zero-order chi connectivity index (χ0) is 12.5. The molecule has 18 heavy (non-hydrogen) atoms. The third-order valence-corrected chi connectivity index (χ3v) is 2.93. The van der Waals surface area contributed by atoms with E-state index < -0.39 is 0 Å². The monoisotopic (exact) mass is 239 g/mol. The summed E-state index contributed by atoms with van der Waals surface area (Å²) in [7, 11) is 0. The third-order valence-electron chi connectivity index (χ3n) is 2.93. The van der Waals surface area contributed by atoms with E-state index in [0.29, 0.717) is 5.89 Å². The molecule has 3 aromatic rings. The van der Waals surface area contributed by atoms with Gasteiger partial charge in [0, 0.05) is 5.56 Å². The van der Waals surface area contributed by atoms with Gasteiger partial charge in [-0.15, -0.1) is 0 Å². The van der Waals surface area contributed by atoms with E-state index >= 15 is 0 Å². The predicted octanol–water partition coefficient (Wildman–Crippen LogP) is 3.30. The highest BCUT2D eigenvalue weighted by molar-refractivity contribution is 5.76. The van der Waals surface area contributed by atoms with E-state index in [-0.39, 0.29) is 6.61 Å². The van der Waals surface area contributed by atoms with Gasteiger partial charge < -0.3 is 9.52 Å². The highest BCUT2D eigenvalue weighted by Gasteiger charge is 2.08. The van der Waals surface area contributed by atoms with Crippen molar-refractivity contribution in [2.24, 2.45) is 0 Å². The maximum atomic E-state index is 9.09. The Morgan fingerprint density at radius 1 is 1.11 bits per heavy atom. The summed E-state index contributed by atoms with van der Waals surface area (Å²) >= 11 is 0. The van der Waals surface area contributed by atoms with E-state index in [0.717, 1.165) is 22.2 Å². The lowest BCUT2D eigenvalue weighted by Gasteiger charge is -1.95. The van der Waals surface area contributed by atoms with Gasteiger partial charge in [0.1, 0.15) is 5.52 Å². The van der Waals surface area contributed by atoms with E-state index in [1.165, 1.54) is 5.56 Å². The minimum absolute atomic E-state index is 0.0165. The van der Waals surface area contributed by atoms with Gasteiger partial charge in [-0.2, -0.15) is 0 Å². The van der Waals surface area contributed by atoms with Gasteiger partial charge in [-0.1, -0.05) is 23.8 Å². The zero-order valence-electron chi connectivity index (χ0n) is 10.1. The van der Waals surface area contributed by atoms with Crippen molar-refractivity contribution < 1.29 is 9.52 Å². The first-order chi connectivity index (χ1) is 8.76. The number of hydrogen-bond acceptors (Lipinski definition) is 3. The summed E-state index contributed by atoms with van der Waals surface area (Å²) in [4.78, 5) is 4.44. The molecule has 3 heteroatoms. The first kappa shape index (κ1) is 11.0. The number of fused-ring (bicyclic) bond motifs is 1. The molecule has 0 aliphatic rings. The minimum Gasteiger partial charge on any atom is -0.436 e. The molecule has 0 radical (unpaired) electrons. The Kier molecular flexibility index (Phi) is 2.61. The number of oxazole rings is 1. The van der Waals surface area contributed by atoms with Crippen LogP contribution in [0.25, 0.3) is 22.6 Å². The Morgan fingerprint density at radius 3 is 2.61 bits per heavy atom. The molecule has 1 N–H and O–H groups in total. The molecule has 3 rings (SSSR count). The van der Waals surface area contributed by atoms with Crippen LogP contribution >= 0.6 is 0 Å². The second-order valence-corrected chi connectivity index (χ2v) is 4.35.